The van der Waals surface area contributed by atoms with Gasteiger partial charge in [-0.05, 0) is 26.8 Å². The minimum Gasteiger partial charge on any atom is -0.389 e. The molecule has 0 aliphatic carbocycles. The maximum atomic E-state index is 11.3. The Labute approximate surface area is 92.2 Å². The highest BCUT2D eigenvalue weighted by Crippen LogP contribution is 2.19. The summed E-state index contributed by atoms with van der Waals surface area (Å²) in [6, 6.07) is 0.0893. The van der Waals surface area contributed by atoms with E-state index in [1.807, 2.05) is 6.92 Å². The highest BCUT2D eigenvalue weighted by Gasteiger charge is 2.33. The molecule has 0 saturated carbocycles. The quantitative estimate of drug-likeness (QED) is 0.760. The van der Waals surface area contributed by atoms with Crippen LogP contribution >= 0.6 is 0 Å². The number of sulfone groups is 1. The number of rotatable bonds is 4. The molecule has 1 N–H and O–H groups in total. The van der Waals surface area contributed by atoms with E-state index in [9.17, 15) is 13.5 Å². The molecule has 0 aromatic heterocycles. The second kappa shape index (κ2) is 4.39. The summed E-state index contributed by atoms with van der Waals surface area (Å²) < 4.78 is 22.7. The molecule has 1 saturated heterocycles. The molecule has 15 heavy (non-hydrogen) atoms. The fraction of sp³-hybridized carbons (Fsp3) is 1.00. The molecule has 1 fully saturated rings. The highest BCUT2D eigenvalue weighted by atomic mass is 32.2. The molecule has 0 radical (unpaired) electrons. The largest absolute Gasteiger partial charge is 0.389 e. The molecule has 1 aliphatic rings. The fourth-order valence-electron chi connectivity index (χ4n) is 2.06. The molecule has 1 heterocycles. The van der Waals surface area contributed by atoms with Gasteiger partial charge in [0.1, 0.15) is 0 Å². The van der Waals surface area contributed by atoms with Crippen LogP contribution in [-0.4, -0.2) is 54.7 Å². The van der Waals surface area contributed by atoms with Crippen LogP contribution in [0.4, 0.5) is 0 Å². The minimum atomic E-state index is -2.83. The smallest absolute Gasteiger partial charge is 0.151 e. The zero-order valence-corrected chi connectivity index (χ0v) is 10.5. The van der Waals surface area contributed by atoms with Gasteiger partial charge in [-0.1, -0.05) is 6.92 Å². The van der Waals surface area contributed by atoms with Gasteiger partial charge in [0.05, 0.1) is 17.1 Å². The van der Waals surface area contributed by atoms with Gasteiger partial charge in [0.25, 0.3) is 0 Å². The van der Waals surface area contributed by atoms with E-state index in [0.29, 0.717) is 18.7 Å². The van der Waals surface area contributed by atoms with E-state index in [0.717, 1.165) is 6.54 Å². The van der Waals surface area contributed by atoms with Crippen molar-refractivity contribution in [2.75, 3.05) is 24.6 Å². The summed E-state index contributed by atoms with van der Waals surface area (Å²) in [6.45, 7) is 6.81. The maximum absolute atomic E-state index is 11.3. The summed E-state index contributed by atoms with van der Waals surface area (Å²) >= 11 is 0. The Hall–Kier alpha value is -0.130. The molecule has 1 unspecified atom stereocenters. The summed E-state index contributed by atoms with van der Waals surface area (Å²) in [5, 5.41) is 9.72. The third-order valence-corrected chi connectivity index (χ3v) is 4.47. The summed E-state index contributed by atoms with van der Waals surface area (Å²) in [7, 11) is -2.83. The molecule has 0 amide bonds. The van der Waals surface area contributed by atoms with Gasteiger partial charge in [-0.3, -0.25) is 4.90 Å². The van der Waals surface area contributed by atoms with E-state index in [-0.39, 0.29) is 11.8 Å². The molecule has 5 heteroatoms. The summed E-state index contributed by atoms with van der Waals surface area (Å²) in [4.78, 5) is 2.06. The number of likely N-dealkylation sites (N-methyl/N-ethyl adjacent to an activating group) is 1. The van der Waals surface area contributed by atoms with Gasteiger partial charge < -0.3 is 5.11 Å². The molecule has 1 aliphatic heterocycles. The highest BCUT2D eigenvalue weighted by molar-refractivity contribution is 7.91. The molecular formula is C10H21NO3S. The Morgan fingerprint density at radius 2 is 2.07 bits per heavy atom. The second-order valence-corrected chi connectivity index (χ2v) is 7.16. The van der Waals surface area contributed by atoms with E-state index in [2.05, 4.69) is 4.90 Å². The first-order valence-corrected chi connectivity index (χ1v) is 7.22. The lowest BCUT2D eigenvalue weighted by molar-refractivity contribution is 0.0262. The summed E-state index contributed by atoms with van der Waals surface area (Å²) in [5.74, 6) is 0.539. The van der Waals surface area contributed by atoms with E-state index < -0.39 is 15.4 Å². The topological polar surface area (TPSA) is 57.6 Å². The van der Waals surface area contributed by atoms with Gasteiger partial charge in [0, 0.05) is 12.6 Å². The lowest BCUT2D eigenvalue weighted by atomic mass is 10.1. The van der Waals surface area contributed by atoms with Crippen LogP contribution in [0.1, 0.15) is 27.2 Å². The van der Waals surface area contributed by atoms with Crippen LogP contribution in [0.3, 0.4) is 0 Å². The van der Waals surface area contributed by atoms with Crippen molar-refractivity contribution >= 4 is 9.84 Å². The Morgan fingerprint density at radius 1 is 1.47 bits per heavy atom. The average Bonchev–Trinajstić information content (AvgIpc) is 2.40. The Morgan fingerprint density at radius 3 is 2.40 bits per heavy atom. The van der Waals surface area contributed by atoms with Crippen molar-refractivity contribution in [3.8, 4) is 0 Å². The lowest BCUT2D eigenvalue weighted by Crippen LogP contribution is -2.44. The molecule has 0 aromatic carbocycles. The first kappa shape index (κ1) is 12.9. The van der Waals surface area contributed by atoms with Crippen molar-refractivity contribution in [1.82, 2.24) is 4.90 Å². The van der Waals surface area contributed by atoms with Crippen LogP contribution in [0.15, 0.2) is 0 Å². The third kappa shape index (κ3) is 4.09. The van der Waals surface area contributed by atoms with Crippen LogP contribution in [0.2, 0.25) is 0 Å². The van der Waals surface area contributed by atoms with E-state index in [1.165, 1.54) is 0 Å². The molecule has 90 valence electrons. The zero-order chi connectivity index (χ0) is 11.7. The average molecular weight is 235 g/mol. The first-order chi connectivity index (χ1) is 6.73. The predicted molar refractivity (Wildman–Crippen MR) is 60.6 cm³/mol. The Bertz CT molecular complexity index is 305. The number of hydrogen-bond acceptors (Lipinski definition) is 4. The Kier molecular flexibility index (Phi) is 3.79. The predicted octanol–water partition coefficient (Wildman–Crippen LogP) is 0.266. The van der Waals surface area contributed by atoms with Crippen molar-refractivity contribution in [3.05, 3.63) is 0 Å². The molecule has 0 bridgehead atoms. The third-order valence-electron chi connectivity index (χ3n) is 2.72. The molecule has 0 spiro atoms. The van der Waals surface area contributed by atoms with Gasteiger partial charge in [0.15, 0.2) is 9.84 Å². The SMILES string of the molecule is CCN(CC(C)(C)O)C1CCS(=O)(=O)C1. The van der Waals surface area contributed by atoms with Crippen molar-refractivity contribution in [1.29, 1.82) is 0 Å². The van der Waals surface area contributed by atoms with Gasteiger partial charge in [-0.25, -0.2) is 8.42 Å². The molecule has 1 rings (SSSR count). The van der Waals surface area contributed by atoms with Crippen LogP contribution in [0.5, 0.6) is 0 Å². The van der Waals surface area contributed by atoms with Gasteiger partial charge in [-0.15, -0.1) is 0 Å². The van der Waals surface area contributed by atoms with Crippen LogP contribution in [-0.2, 0) is 9.84 Å². The summed E-state index contributed by atoms with van der Waals surface area (Å²) in [6.07, 6.45) is 0.701. The van der Waals surface area contributed by atoms with Crippen molar-refractivity contribution in [2.24, 2.45) is 0 Å². The van der Waals surface area contributed by atoms with Gasteiger partial charge in [0.2, 0.25) is 0 Å². The standard InChI is InChI=1S/C10H21NO3S/c1-4-11(8-10(2,3)12)9-5-6-15(13,14)7-9/h9,12H,4-8H2,1-3H3. The van der Waals surface area contributed by atoms with E-state index >= 15 is 0 Å². The molecule has 0 aromatic rings. The van der Waals surface area contributed by atoms with Crippen molar-refractivity contribution in [3.63, 3.8) is 0 Å². The number of hydrogen-bond donors (Lipinski definition) is 1. The van der Waals surface area contributed by atoms with Crippen LogP contribution in [0, 0.1) is 0 Å². The van der Waals surface area contributed by atoms with Gasteiger partial charge in [-0.2, -0.15) is 0 Å². The van der Waals surface area contributed by atoms with E-state index in [4.69, 9.17) is 0 Å². The lowest BCUT2D eigenvalue weighted by Gasteiger charge is -2.32. The molecule has 4 nitrogen and oxygen atoms in total. The molecular weight excluding hydrogens is 214 g/mol. The van der Waals surface area contributed by atoms with Gasteiger partial charge >= 0.3 is 0 Å². The fourth-order valence-corrected chi connectivity index (χ4v) is 3.82. The molecule has 1 atom stereocenters. The van der Waals surface area contributed by atoms with Crippen molar-refractivity contribution in [2.45, 2.75) is 38.8 Å². The zero-order valence-electron chi connectivity index (χ0n) is 9.73. The van der Waals surface area contributed by atoms with Crippen LogP contribution in [0.25, 0.3) is 0 Å². The van der Waals surface area contributed by atoms with E-state index in [1.54, 1.807) is 13.8 Å². The summed E-state index contributed by atoms with van der Waals surface area (Å²) in [5.41, 5.74) is -0.762. The van der Waals surface area contributed by atoms with Crippen molar-refractivity contribution < 1.29 is 13.5 Å². The van der Waals surface area contributed by atoms with Crippen LogP contribution < -0.4 is 0 Å². The second-order valence-electron chi connectivity index (χ2n) is 4.93. The first-order valence-electron chi connectivity index (χ1n) is 5.40. The number of aliphatic hydroxyl groups is 1. The maximum Gasteiger partial charge on any atom is 0.151 e. The monoisotopic (exact) mass is 235 g/mol. The number of nitrogens with zero attached hydrogens (tertiary/aromatic N) is 1. The normalized spacial score (nSPS) is 26.1. The minimum absolute atomic E-state index is 0.0893. The Balaban J connectivity index is 2.61.